The van der Waals surface area contributed by atoms with E-state index in [1.54, 1.807) is 29.8 Å². The number of ether oxygens (including phenoxy) is 1. The second kappa shape index (κ2) is 8.42. The zero-order valence-corrected chi connectivity index (χ0v) is 18.2. The van der Waals surface area contributed by atoms with E-state index < -0.39 is 5.97 Å². The number of amides is 2. The van der Waals surface area contributed by atoms with Crippen molar-refractivity contribution in [3.05, 3.63) is 41.5 Å². The first-order valence-corrected chi connectivity index (χ1v) is 11.0. The Morgan fingerprint density at radius 1 is 1.23 bits per heavy atom. The molecule has 2 N–H and O–H groups in total. The number of nitrogens with one attached hydrogen (secondary N) is 2. The smallest absolute Gasteiger partial charge is 0.337 e. The quantitative estimate of drug-likeness (QED) is 0.566. The van der Waals surface area contributed by atoms with Crippen molar-refractivity contribution in [3.8, 4) is 0 Å². The molecule has 6 nitrogen and oxygen atoms in total. The van der Waals surface area contributed by atoms with Gasteiger partial charge in [-0.25, -0.2) is 9.59 Å². The van der Waals surface area contributed by atoms with Crippen molar-refractivity contribution in [3.63, 3.8) is 0 Å². The molecule has 30 heavy (non-hydrogen) atoms. The fraction of sp³-hybridized carbons (Fsp3) is 0.583. The molecule has 0 aromatic heterocycles. The Morgan fingerprint density at radius 3 is 2.67 bits per heavy atom. The summed E-state index contributed by atoms with van der Waals surface area (Å²) >= 11 is 0. The number of likely N-dealkylation sites (tertiary alicyclic amines) is 1. The fourth-order valence-corrected chi connectivity index (χ4v) is 5.34. The molecule has 1 heterocycles. The van der Waals surface area contributed by atoms with Crippen molar-refractivity contribution >= 4 is 17.7 Å². The lowest BCUT2D eigenvalue weighted by Gasteiger charge is -2.57. The number of rotatable bonds is 5. The van der Waals surface area contributed by atoms with Crippen molar-refractivity contribution in [2.75, 3.05) is 32.1 Å². The molecule has 162 valence electrons. The summed E-state index contributed by atoms with van der Waals surface area (Å²) in [5.41, 5.74) is 3.12. The molecule has 2 fully saturated rings. The van der Waals surface area contributed by atoms with E-state index in [1.165, 1.54) is 20.0 Å². The third-order valence-corrected chi connectivity index (χ3v) is 7.45. The number of carbonyl (C=O) groups is 2. The number of hydrogen-bond acceptors (Lipinski definition) is 4. The lowest BCUT2D eigenvalue weighted by molar-refractivity contribution is -0.0113. The van der Waals surface area contributed by atoms with Gasteiger partial charge in [0.2, 0.25) is 0 Å². The standard InChI is InChI=1S/C24H33N3O3/c1-24(2)18-8-7-17(21(24)14-18)15-27-11-9-19(10-12-27)25-23(29)26-20-6-4-5-16(13-20)22(28)30-3/h4-7,13,18-19,21H,8-12,14-15H2,1-3H3,(H2,25,26,29)/t18-,21?/m0/s1. The van der Waals surface area contributed by atoms with Crippen LogP contribution in [0, 0.1) is 17.3 Å². The lowest BCUT2D eigenvalue weighted by atomic mass is 9.49. The number of allylic oxidation sites excluding steroid dienone is 1. The number of benzene rings is 1. The van der Waals surface area contributed by atoms with E-state index in [1.807, 2.05) is 0 Å². The third-order valence-electron chi connectivity index (χ3n) is 7.45. The van der Waals surface area contributed by atoms with E-state index in [0.717, 1.165) is 44.3 Å². The largest absolute Gasteiger partial charge is 0.465 e. The lowest BCUT2D eigenvalue weighted by Crippen LogP contribution is -2.51. The highest BCUT2D eigenvalue weighted by atomic mass is 16.5. The number of hydrogen-bond donors (Lipinski definition) is 2. The summed E-state index contributed by atoms with van der Waals surface area (Å²) in [5.74, 6) is 1.23. The number of methoxy groups -OCH3 is 1. The minimum atomic E-state index is -0.416. The van der Waals surface area contributed by atoms with Crippen molar-refractivity contribution < 1.29 is 14.3 Å². The molecule has 1 unspecified atom stereocenters. The maximum absolute atomic E-state index is 12.4. The van der Waals surface area contributed by atoms with Gasteiger partial charge in [0.1, 0.15) is 0 Å². The van der Waals surface area contributed by atoms with Gasteiger partial charge in [-0.3, -0.25) is 4.90 Å². The van der Waals surface area contributed by atoms with Crippen molar-refractivity contribution in [2.45, 2.75) is 45.6 Å². The monoisotopic (exact) mass is 411 g/mol. The number of piperidine rings is 1. The number of urea groups is 1. The van der Waals surface area contributed by atoms with Crippen LogP contribution < -0.4 is 10.6 Å². The summed E-state index contributed by atoms with van der Waals surface area (Å²) in [5, 5.41) is 5.90. The Morgan fingerprint density at radius 2 is 2.00 bits per heavy atom. The Labute approximate surface area is 179 Å². The number of anilines is 1. The van der Waals surface area contributed by atoms with E-state index >= 15 is 0 Å². The molecule has 5 rings (SSSR count). The minimum Gasteiger partial charge on any atom is -0.465 e. The highest BCUT2D eigenvalue weighted by molar-refractivity contribution is 5.93. The fourth-order valence-electron chi connectivity index (χ4n) is 5.34. The average Bonchev–Trinajstić information content (AvgIpc) is 2.74. The topological polar surface area (TPSA) is 70.7 Å². The van der Waals surface area contributed by atoms with Crippen LogP contribution in [0.1, 0.15) is 49.9 Å². The second-order valence-corrected chi connectivity index (χ2v) is 9.54. The van der Waals surface area contributed by atoms with Crippen LogP contribution in [0.25, 0.3) is 0 Å². The Kier molecular flexibility index (Phi) is 5.87. The predicted octanol–water partition coefficient (Wildman–Crippen LogP) is 4.05. The van der Waals surface area contributed by atoms with Crippen LogP contribution in [0.5, 0.6) is 0 Å². The van der Waals surface area contributed by atoms with Gasteiger partial charge >= 0.3 is 12.0 Å². The highest BCUT2D eigenvalue weighted by Gasteiger charge is 2.51. The molecular formula is C24H33N3O3. The SMILES string of the molecule is COC(=O)c1cccc(NC(=O)NC2CCN(CC3=CC[C@H]4CC3C4(C)C)CC2)c1. The third kappa shape index (κ3) is 4.24. The zero-order valence-electron chi connectivity index (χ0n) is 18.2. The molecule has 4 aliphatic rings. The molecule has 3 aliphatic carbocycles. The molecule has 2 amide bonds. The molecule has 0 spiro atoms. The first kappa shape index (κ1) is 20.9. The second-order valence-electron chi connectivity index (χ2n) is 9.54. The maximum Gasteiger partial charge on any atom is 0.337 e. The molecule has 6 heteroatoms. The first-order chi connectivity index (χ1) is 14.4. The number of carbonyl (C=O) groups excluding carboxylic acids is 2. The van der Waals surface area contributed by atoms with Crippen LogP contribution >= 0.6 is 0 Å². The summed E-state index contributed by atoms with van der Waals surface area (Å²) in [6.45, 7) is 7.95. The van der Waals surface area contributed by atoms with E-state index in [4.69, 9.17) is 4.74 Å². The molecule has 1 aromatic carbocycles. The van der Waals surface area contributed by atoms with Gasteiger partial charge in [0, 0.05) is 31.4 Å². The van der Waals surface area contributed by atoms with E-state index in [0.29, 0.717) is 16.7 Å². The van der Waals surface area contributed by atoms with Gasteiger partial charge < -0.3 is 15.4 Å². The van der Waals surface area contributed by atoms with Crippen LogP contribution in [0.4, 0.5) is 10.5 Å². The van der Waals surface area contributed by atoms with Crippen LogP contribution in [-0.4, -0.2) is 49.7 Å². The Bertz CT molecular complexity index is 840. The van der Waals surface area contributed by atoms with Crippen LogP contribution in [0.15, 0.2) is 35.9 Å². The van der Waals surface area contributed by atoms with Gasteiger partial charge in [0.25, 0.3) is 0 Å². The molecule has 0 radical (unpaired) electrons. The summed E-state index contributed by atoms with van der Waals surface area (Å²) in [4.78, 5) is 26.6. The summed E-state index contributed by atoms with van der Waals surface area (Å²) in [7, 11) is 1.34. The molecule has 1 aliphatic heterocycles. The Balaban J connectivity index is 1.23. The van der Waals surface area contributed by atoms with Gasteiger partial charge in [-0.05, 0) is 61.1 Å². The summed E-state index contributed by atoms with van der Waals surface area (Å²) in [6, 6.07) is 6.73. The average molecular weight is 412 g/mol. The van der Waals surface area contributed by atoms with Gasteiger partial charge in [0.15, 0.2) is 0 Å². The maximum atomic E-state index is 12.4. The van der Waals surface area contributed by atoms with Crippen molar-refractivity contribution in [1.29, 1.82) is 0 Å². The molecule has 1 saturated heterocycles. The van der Waals surface area contributed by atoms with Gasteiger partial charge in [0.05, 0.1) is 12.7 Å². The van der Waals surface area contributed by atoms with Crippen molar-refractivity contribution in [2.24, 2.45) is 17.3 Å². The van der Waals surface area contributed by atoms with E-state index in [9.17, 15) is 9.59 Å². The molecule has 2 atom stereocenters. The molecular weight excluding hydrogens is 378 g/mol. The van der Waals surface area contributed by atoms with Gasteiger partial charge in [-0.15, -0.1) is 0 Å². The number of fused-ring (bicyclic) bond motifs is 1. The van der Waals surface area contributed by atoms with E-state index in [-0.39, 0.29) is 12.1 Å². The Hall–Kier alpha value is -2.34. The van der Waals surface area contributed by atoms with Crippen LogP contribution in [0.2, 0.25) is 0 Å². The normalized spacial score (nSPS) is 25.6. The minimum absolute atomic E-state index is 0.176. The number of nitrogens with zero attached hydrogens (tertiary/aromatic N) is 1. The van der Waals surface area contributed by atoms with Crippen LogP contribution in [-0.2, 0) is 4.74 Å². The summed E-state index contributed by atoms with van der Waals surface area (Å²) in [6.07, 6.45) is 7.02. The predicted molar refractivity (Wildman–Crippen MR) is 117 cm³/mol. The van der Waals surface area contributed by atoms with E-state index in [2.05, 4.69) is 35.5 Å². The van der Waals surface area contributed by atoms with Gasteiger partial charge in [-0.1, -0.05) is 31.6 Å². The van der Waals surface area contributed by atoms with Gasteiger partial charge in [-0.2, -0.15) is 0 Å². The molecule has 1 saturated carbocycles. The number of esters is 1. The first-order valence-electron chi connectivity index (χ1n) is 11.0. The van der Waals surface area contributed by atoms with Crippen molar-refractivity contribution in [1.82, 2.24) is 10.2 Å². The zero-order chi connectivity index (χ0) is 21.3. The molecule has 1 aromatic rings. The summed E-state index contributed by atoms with van der Waals surface area (Å²) < 4.78 is 4.73. The highest BCUT2D eigenvalue weighted by Crippen LogP contribution is 2.59. The molecule has 2 bridgehead atoms. The van der Waals surface area contributed by atoms with Crippen LogP contribution in [0.3, 0.4) is 0 Å².